The number of aromatic nitrogens is 1. The van der Waals surface area contributed by atoms with Crippen LogP contribution >= 0.6 is 0 Å². The van der Waals surface area contributed by atoms with Gasteiger partial charge in [-0.2, -0.15) is 0 Å². The molecule has 1 amide bonds. The number of carbonyl (C=O) groups excluding carboxylic acids is 1. The van der Waals surface area contributed by atoms with E-state index in [9.17, 15) is 4.79 Å². The molecule has 3 nitrogen and oxygen atoms in total. The van der Waals surface area contributed by atoms with Gasteiger partial charge in [0.15, 0.2) is 0 Å². The number of amides is 1. The highest BCUT2D eigenvalue weighted by atomic mass is 16.1. The molecule has 0 unspecified atom stereocenters. The zero-order chi connectivity index (χ0) is 14.4. The van der Waals surface area contributed by atoms with Crippen LogP contribution in [0.25, 0.3) is 0 Å². The molecule has 20 heavy (non-hydrogen) atoms. The molecule has 0 saturated heterocycles. The maximum atomic E-state index is 12.0. The summed E-state index contributed by atoms with van der Waals surface area (Å²) >= 11 is 0. The van der Waals surface area contributed by atoms with Crippen molar-refractivity contribution in [1.29, 1.82) is 0 Å². The number of benzene rings is 1. The Morgan fingerprint density at radius 3 is 2.55 bits per heavy atom. The summed E-state index contributed by atoms with van der Waals surface area (Å²) in [4.78, 5) is 16.4. The van der Waals surface area contributed by atoms with Gasteiger partial charge in [0.05, 0.1) is 12.2 Å². The average Bonchev–Trinajstić information content (AvgIpc) is 2.46. The minimum atomic E-state index is -0.0589. The van der Waals surface area contributed by atoms with Gasteiger partial charge < -0.3 is 5.32 Å². The molecule has 0 aliphatic carbocycles. The largest absolute Gasteiger partial charge is 0.346 e. The summed E-state index contributed by atoms with van der Waals surface area (Å²) in [6, 6.07) is 13.6. The fourth-order valence-electron chi connectivity index (χ4n) is 2.08. The number of nitrogens with one attached hydrogen (secondary N) is 1. The number of hydrogen-bond donors (Lipinski definition) is 1. The molecule has 0 radical (unpaired) electrons. The van der Waals surface area contributed by atoms with Crippen molar-refractivity contribution in [2.45, 2.75) is 33.2 Å². The second-order valence-electron chi connectivity index (χ2n) is 4.90. The van der Waals surface area contributed by atoms with E-state index in [2.05, 4.69) is 17.2 Å². The van der Waals surface area contributed by atoms with Crippen molar-refractivity contribution in [3.8, 4) is 0 Å². The van der Waals surface area contributed by atoms with E-state index in [1.54, 1.807) is 0 Å². The van der Waals surface area contributed by atoms with E-state index in [1.165, 1.54) is 5.56 Å². The first-order chi connectivity index (χ1) is 9.69. The van der Waals surface area contributed by atoms with Crippen LogP contribution < -0.4 is 5.32 Å². The summed E-state index contributed by atoms with van der Waals surface area (Å²) in [6.07, 6.45) is 2.17. The number of hydrogen-bond acceptors (Lipinski definition) is 2. The Morgan fingerprint density at radius 2 is 1.90 bits per heavy atom. The van der Waals surface area contributed by atoms with Gasteiger partial charge in [0.25, 0.3) is 5.91 Å². The van der Waals surface area contributed by atoms with Crippen molar-refractivity contribution in [2.24, 2.45) is 0 Å². The number of aryl methyl sites for hydroxylation is 2. The van der Waals surface area contributed by atoms with Crippen LogP contribution in [0.3, 0.4) is 0 Å². The Kier molecular flexibility index (Phi) is 4.88. The minimum absolute atomic E-state index is 0.0589. The van der Waals surface area contributed by atoms with Crippen LogP contribution in [-0.4, -0.2) is 10.9 Å². The lowest BCUT2D eigenvalue weighted by Crippen LogP contribution is -2.23. The highest BCUT2D eigenvalue weighted by molar-refractivity contribution is 5.94. The summed E-state index contributed by atoms with van der Waals surface area (Å²) in [6.45, 7) is 4.55. The second-order valence-corrected chi connectivity index (χ2v) is 4.90. The van der Waals surface area contributed by atoms with Gasteiger partial charge in [-0.05, 0) is 43.2 Å². The van der Waals surface area contributed by atoms with Gasteiger partial charge in [0, 0.05) is 11.3 Å². The van der Waals surface area contributed by atoms with Gasteiger partial charge in [0.2, 0.25) is 0 Å². The molecule has 0 fully saturated rings. The van der Waals surface area contributed by atoms with E-state index < -0.39 is 0 Å². The third kappa shape index (κ3) is 3.92. The van der Waals surface area contributed by atoms with Crippen molar-refractivity contribution in [1.82, 2.24) is 10.3 Å². The first-order valence-electron chi connectivity index (χ1n) is 6.98. The Balaban J connectivity index is 1.94. The topological polar surface area (TPSA) is 42.0 Å². The van der Waals surface area contributed by atoms with E-state index in [4.69, 9.17) is 0 Å². The highest BCUT2D eigenvalue weighted by Crippen LogP contribution is 2.07. The van der Waals surface area contributed by atoms with Crippen LogP contribution in [-0.2, 0) is 13.0 Å². The predicted molar refractivity (Wildman–Crippen MR) is 80.6 cm³/mol. The van der Waals surface area contributed by atoms with Gasteiger partial charge in [-0.1, -0.05) is 31.5 Å². The van der Waals surface area contributed by atoms with Crippen LogP contribution in [0, 0.1) is 6.92 Å². The number of nitrogens with zero attached hydrogens (tertiary/aromatic N) is 1. The molecule has 1 aromatic heterocycles. The maximum Gasteiger partial charge on any atom is 0.251 e. The molecule has 3 heteroatoms. The third-order valence-corrected chi connectivity index (χ3v) is 3.13. The molecule has 2 rings (SSSR count). The Bertz CT molecular complexity index is 576. The van der Waals surface area contributed by atoms with Gasteiger partial charge in [-0.15, -0.1) is 0 Å². The summed E-state index contributed by atoms with van der Waals surface area (Å²) < 4.78 is 0. The van der Waals surface area contributed by atoms with Crippen LogP contribution in [0.5, 0.6) is 0 Å². The van der Waals surface area contributed by atoms with Gasteiger partial charge >= 0.3 is 0 Å². The van der Waals surface area contributed by atoms with E-state index in [0.717, 1.165) is 24.2 Å². The number of rotatable bonds is 5. The van der Waals surface area contributed by atoms with Crippen LogP contribution in [0.1, 0.15) is 40.7 Å². The van der Waals surface area contributed by atoms with Crippen LogP contribution in [0.15, 0.2) is 42.5 Å². The highest BCUT2D eigenvalue weighted by Gasteiger charge is 2.05. The maximum absolute atomic E-state index is 12.0. The van der Waals surface area contributed by atoms with Crippen molar-refractivity contribution < 1.29 is 4.79 Å². The third-order valence-electron chi connectivity index (χ3n) is 3.13. The normalized spacial score (nSPS) is 10.3. The lowest BCUT2D eigenvalue weighted by molar-refractivity contribution is 0.0950. The molecule has 0 atom stereocenters. The van der Waals surface area contributed by atoms with Gasteiger partial charge in [0.1, 0.15) is 0 Å². The number of carbonyl (C=O) groups is 1. The molecular formula is C17H20N2O. The average molecular weight is 268 g/mol. The SMILES string of the molecule is CCCc1ccc(C(=O)NCc2cccc(C)n2)cc1. The van der Waals surface area contributed by atoms with E-state index in [1.807, 2.05) is 49.4 Å². The summed E-state index contributed by atoms with van der Waals surface area (Å²) in [5.74, 6) is -0.0589. The van der Waals surface area contributed by atoms with Crippen molar-refractivity contribution in [3.05, 3.63) is 65.0 Å². The van der Waals surface area contributed by atoms with Crippen molar-refractivity contribution >= 4 is 5.91 Å². The van der Waals surface area contributed by atoms with Crippen LogP contribution in [0.4, 0.5) is 0 Å². The zero-order valence-electron chi connectivity index (χ0n) is 12.0. The molecule has 0 aliphatic heterocycles. The lowest BCUT2D eigenvalue weighted by atomic mass is 10.1. The van der Waals surface area contributed by atoms with E-state index >= 15 is 0 Å². The Morgan fingerprint density at radius 1 is 1.15 bits per heavy atom. The standard InChI is InChI=1S/C17H20N2O/c1-3-5-14-8-10-15(11-9-14)17(20)18-12-16-7-4-6-13(2)19-16/h4,6-11H,3,5,12H2,1-2H3,(H,18,20). The monoisotopic (exact) mass is 268 g/mol. The smallest absolute Gasteiger partial charge is 0.251 e. The van der Waals surface area contributed by atoms with Crippen LogP contribution in [0.2, 0.25) is 0 Å². The molecule has 2 aromatic rings. The minimum Gasteiger partial charge on any atom is -0.346 e. The second kappa shape index (κ2) is 6.85. The zero-order valence-corrected chi connectivity index (χ0v) is 12.0. The molecule has 1 N–H and O–H groups in total. The van der Waals surface area contributed by atoms with E-state index in [-0.39, 0.29) is 5.91 Å². The molecular weight excluding hydrogens is 248 g/mol. The fourth-order valence-corrected chi connectivity index (χ4v) is 2.08. The molecule has 1 aromatic carbocycles. The Labute approximate surface area is 120 Å². The first kappa shape index (κ1) is 14.3. The van der Waals surface area contributed by atoms with Crippen molar-refractivity contribution in [2.75, 3.05) is 0 Å². The quantitative estimate of drug-likeness (QED) is 0.904. The van der Waals surface area contributed by atoms with Gasteiger partial charge in [-0.3, -0.25) is 9.78 Å². The Hall–Kier alpha value is -2.16. The molecule has 1 heterocycles. The first-order valence-corrected chi connectivity index (χ1v) is 6.98. The molecule has 0 bridgehead atoms. The summed E-state index contributed by atoms with van der Waals surface area (Å²) in [5, 5.41) is 2.89. The summed E-state index contributed by atoms with van der Waals surface area (Å²) in [5.41, 5.74) is 3.79. The van der Waals surface area contributed by atoms with Gasteiger partial charge in [-0.25, -0.2) is 0 Å². The summed E-state index contributed by atoms with van der Waals surface area (Å²) in [7, 11) is 0. The van der Waals surface area contributed by atoms with Crippen molar-refractivity contribution in [3.63, 3.8) is 0 Å². The molecule has 0 aliphatic rings. The number of pyridine rings is 1. The molecule has 0 saturated carbocycles. The fraction of sp³-hybridized carbons (Fsp3) is 0.294. The molecule has 104 valence electrons. The lowest BCUT2D eigenvalue weighted by Gasteiger charge is -2.06. The predicted octanol–water partition coefficient (Wildman–Crippen LogP) is 3.27. The van der Waals surface area contributed by atoms with E-state index in [0.29, 0.717) is 12.1 Å². The molecule has 0 spiro atoms.